The molecule has 21 heavy (non-hydrogen) atoms. The van der Waals surface area contributed by atoms with Crippen LogP contribution < -0.4 is 4.74 Å². The van der Waals surface area contributed by atoms with E-state index in [0.29, 0.717) is 12.0 Å². The van der Waals surface area contributed by atoms with E-state index >= 15 is 0 Å². The van der Waals surface area contributed by atoms with Gasteiger partial charge in [0.15, 0.2) is 0 Å². The van der Waals surface area contributed by atoms with E-state index in [-0.39, 0.29) is 0 Å². The second-order valence-corrected chi connectivity index (χ2v) is 5.85. The second-order valence-electron chi connectivity index (χ2n) is 5.85. The van der Waals surface area contributed by atoms with Crippen molar-refractivity contribution in [1.82, 2.24) is 4.98 Å². The van der Waals surface area contributed by atoms with Crippen molar-refractivity contribution in [2.45, 2.75) is 45.1 Å². The van der Waals surface area contributed by atoms with Crippen molar-refractivity contribution >= 4 is 0 Å². The molecular formula is C19H23NO. The number of hydrogen-bond acceptors (Lipinski definition) is 2. The van der Waals surface area contributed by atoms with Crippen molar-refractivity contribution in [2.24, 2.45) is 5.92 Å². The lowest BCUT2D eigenvalue weighted by molar-refractivity contribution is 0.0903. The first-order valence-corrected chi connectivity index (χ1v) is 8.05. The molecule has 1 fully saturated rings. The smallest absolute Gasteiger partial charge is 0.123 e. The fourth-order valence-electron chi connectivity index (χ4n) is 3.22. The number of benzene rings is 1. The number of pyridine rings is 1. The Kier molecular flexibility index (Phi) is 4.54. The van der Waals surface area contributed by atoms with Crippen molar-refractivity contribution in [3.05, 3.63) is 48.7 Å². The number of nitrogens with zero attached hydrogens (tertiary/aromatic N) is 1. The molecule has 0 amide bonds. The maximum atomic E-state index is 6.28. The molecule has 1 heterocycles. The van der Waals surface area contributed by atoms with E-state index in [1.54, 1.807) is 0 Å². The third kappa shape index (κ3) is 3.44. The monoisotopic (exact) mass is 281 g/mol. The Balaban J connectivity index is 1.77. The molecule has 110 valence electrons. The predicted octanol–water partition coefficient (Wildman–Crippen LogP) is 5.10. The number of rotatable bonds is 4. The Hall–Kier alpha value is -1.83. The molecule has 1 aromatic carbocycles. The highest BCUT2D eigenvalue weighted by Gasteiger charge is 2.25. The van der Waals surface area contributed by atoms with Crippen molar-refractivity contribution in [2.75, 3.05) is 0 Å². The zero-order valence-corrected chi connectivity index (χ0v) is 12.7. The van der Waals surface area contributed by atoms with Crippen LogP contribution in [0.1, 0.15) is 39.0 Å². The SMILES string of the molecule is CCC1CCCCC1Oc1ccnc(-c2ccccc2)c1. The lowest BCUT2D eigenvalue weighted by atomic mass is 9.85. The van der Waals surface area contributed by atoms with Crippen LogP contribution in [0, 0.1) is 5.92 Å². The summed E-state index contributed by atoms with van der Waals surface area (Å²) in [6, 6.07) is 14.3. The minimum absolute atomic E-state index is 0.370. The summed E-state index contributed by atoms with van der Waals surface area (Å²) in [4.78, 5) is 4.46. The largest absolute Gasteiger partial charge is 0.490 e. The van der Waals surface area contributed by atoms with Crippen LogP contribution in [0.5, 0.6) is 5.75 Å². The molecule has 3 rings (SSSR count). The summed E-state index contributed by atoms with van der Waals surface area (Å²) in [6.45, 7) is 2.27. The number of ether oxygens (including phenoxy) is 1. The predicted molar refractivity (Wildman–Crippen MR) is 86.3 cm³/mol. The van der Waals surface area contributed by atoms with Crippen molar-refractivity contribution in [3.63, 3.8) is 0 Å². The van der Waals surface area contributed by atoms with Crippen LogP contribution >= 0.6 is 0 Å². The average molecular weight is 281 g/mol. The minimum Gasteiger partial charge on any atom is -0.490 e. The van der Waals surface area contributed by atoms with Gasteiger partial charge in [-0.15, -0.1) is 0 Å². The second kappa shape index (κ2) is 6.75. The zero-order valence-electron chi connectivity index (χ0n) is 12.7. The Morgan fingerprint density at radius 1 is 1.10 bits per heavy atom. The first-order valence-electron chi connectivity index (χ1n) is 8.05. The van der Waals surface area contributed by atoms with Gasteiger partial charge in [-0.3, -0.25) is 4.98 Å². The molecule has 0 bridgehead atoms. The highest BCUT2D eigenvalue weighted by Crippen LogP contribution is 2.31. The van der Waals surface area contributed by atoms with Gasteiger partial charge >= 0.3 is 0 Å². The van der Waals surface area contributed by atoms with Crippen LogP contribution in [0.4, 0.5) is 0 Å². The van der Waals surface area contributed by atoms with Gasteiger partial charge in [0.1, 0.15) is 11.9 Å². The molecule has 2 atom stereocenters. The van der Waals surface area contributed by atoms with Crippen LogP contribution in [0.15, 0.2) is 48.7 Å². The highest BCUT2D eigenvalue weighted by molar-refractivity contribution is 5.60. The minimum atomic E-state index is 0.370. The number of hydrogen-bond donors (Lipinski definition) is 0. The molecule has 1 aliphatic rings. The fourth-order valence-corrected chi connectivity index (χ4v) is 3.22. The first-order chi connectivity index (χ1) is 10.4. The van der Waals surface area contributed by atoms with Gasteiger partial charge < -0.3 is 4.74 Å². The highest BCUT2D eigenvalue weighted by atomic mass is 16.5. The summed E-state index contributed by atoms with van der Waals surface area (Å²) in [5.41, 5.74) is 2.12. The summed E-state index contributed by atoms with van der Waals surface area (Å²) >= 11 is 0. The molecule has 0 radical (unpaired) electrons. The van der Waals surface area contributed by atoms with E-state index in [2.05, 4.69) is 30.1 Å². The maximum Gasteiger partial charge on any atom is 0.123 e. The molecule has 2 nitrogen and oxygen atoms in total. The van der Waals surface area contributed by atoms with Gasteiger partial charge in [0, 0.05) is 17.8 Å². The molecule has 1 saturated carbocycles. The number of aromatic nitrogens is 1. The molecule has 0 saturated heterocycles. The molecule has 2 unspecified atom stereocenters. The van der Waals surface area contributed by atoms with Crippen LogP contribution in [0.2, 0.25) is 0 Å². The third-order valence-electron chi connectivity index (χ3n) is 4.45. The van der Waals surface area contributed by atoms with Crippen LogP contribution in [-0.4, -0.2) is 11.1 Å². The first kappa shape index (κ1) is 14.1. The van der Waals surface area contributed by atoms with Crippen molar-refractivity contribution in [3.8, 4) is 17.0 Å². The Bertz CT molecular complexity index is 567. The van der Waals surface area contributed by atoms with Gasteiger partial charge in [-0.2, -0.15) is 0 Å². The summed E-state index contributed by atoms with van der Waals surface area (Å²) < 4.78 is 6.28. The quantitative estimate of drug-likeness (QED) is 0.778. The van der Waals surface area contributed by atoms with Gasteiger partial charge in [0.05, 0.1) is 5.69 Å². The van der Waals surface area contributed by atoms with Crippen LogP contribution in [0.25, 0.3) is 11.3 Å². The molecule has 2 heteroatoms. The molecular weight excluding hydrogens is 258 g/mol. The van der Waals surface area contributed by atoms with Gasteiger partial charge in [0.25, 0.3) is 0 Å². The molecule has 1 aliphatic carbocycles. The Morgan fingerprint density at radius 3 is 2.71 bits per heavy atom. The molecule has 0 spiro atoms. The standard InChI is InChI=1S/C19H23NO/c1-2-15-8-6-7-11-19(15)21-17-12-13-20-18(14-17)16-9-4-3-5-10-16/h3-5,9-10,12-15,19H,2,6-8,11H2,1H3. The van der Waals surface area contributed by atoms with Gasteiger partial charge in [-0.05, 0) is 37.7 Å². The van der Waals surface area contributed by atoms with E-state index in [0.717, 1.165) is 17.0 Å². The van der Waals surface area contributed by atoms with E-state index in [1.165, 1.54) is 32.1 Å². The summed E-state index contributed by atoms with van der Waals surface area (Å²) in [6.07, 6.45) is 8.55. The molecule has 1 aromatic heterocycles. The van der Waals surface area contributed by atoms with Crippen LogP contribution in [0.3, 0.4) is 0 Å². The van der Waals surface area contributed by atoms with E-state index in [4.69, 9.17) is 4.74 Å². The molecule has 0 N–H and O–H groups in total. The van der Waals surface area contributed by atoms with Crippen molar-refractivity contribution in [1.29, 1.82) is 0 Å². The summed E-state index contributed by atoms with van der Waals surface area (Å²) in [5, 5.41) is 0. The fraction of sp³-hybridized carbons (Fsp3) is 0.421. The molecule has 0 aliphatic heterocycles. The van der Waals surface area contributed by atoms with E-state index < -0.39 is 0 Å². The van der Waals surface area contributed by atoms with Gasteiger partial charge in [-0.1, -0.05) is 43.7 Å². The normalized spacial score (nSPS) is 22.0. The van der Waals surface area contributed by atoms with E-state index in [1.807, 2.05) is 30.5 Å². The summed E-state index contributed by atoms with van der Waals surface area (Å²) in [7, 11) is 0. The maximum absolute atomic E-state index is 6.28. The van der Waals surface area contributed by atoms with Gasteiger partial charge in [0.2, 0.25) is 0 Å². The van der Waals surface area contributed by atoms with Gasteiger partial charge in [-0.25, -0.2) is 0 Å². The summed E-state index contributed by atoms with van der Waals surface area (Å²) in [5.74, 6) is 1.65. The zero-order chi connectivity index (χ0) is 14.5. The van der Waals surface area contributed by atoms with Crippen LogP contribution in [-0.2, 0) is 0 Å². The Labute approximate surface area is 127 Å². The third-order valence-corrected chi connectivity index (χ3v) is 4.45. The average Bonchev–Trinajstić information content (AvgIpc) is 2.56. The Morgan fingerprint density at radius 2 is 1.90 bits per heavy atom. The molecule has 2 aromatic rings. The van der Waals surface area contributed by atoms with Crippen molar-refractivity contribution < 1.29 is 4.74 Å². The van der Waals surface area contributed by atoms with E-state index in [9.17, 15) is 0 Å². The lowest BCUT2D eigenvalue weighted by Gasteiger charge is -2.31. The topological polar surface area (TPSA) is 22.1 Å². The lowest BCUT2D eigenvalue weighted by Crippen LogP contribution is -2.29.